The Kier molecular flexibility index (Phi) is 10.6. The maximum absolute atomic E-state index is 10.9. The van der Waals surface area contributed by atoms with Gasteiger partial charge < -0.3 is 20.6 Å². The first-order valence-electron chi connectivity index (χ1n) is 9.39. The lowest BCUT2D eigenvalue weighted by atomic mass is 10.0. The van der Waals surface area contributed by atoms with Crippen molar-refractivity contribution >= 4 is 7.60 Å². The van der Waals surface area contributed by atoms with Crippen molar-refractivity contribution in [2.24, 2.45) is 5.73 Å². The van der Waals surface area contributed by atoms with Crippen LogP contribution in [0.3, 0.4) is 0 Å². The highest BCUT2D eigenvalue weighted by Gasteiger charge is 2.27. The van der Waals surface area contributed by atoms with Crippen molar-refractivity contribution in [1.29, 1.82) is 0 Å². The number of rotatable bonds is 13. The van der Waals surface area contributed by atoms with Gasteiger partial charge in [0.05, 0.1) is 0 Å². The van der Waals surface area contributed by atoms with Crippen LogP contribution in [0.1, 0.15) is 69.4 Å². The second-order valence-electron chi connectivity index (χ2n) is 6.94. The SMILES string of the molecule is CCCCCCCCc1ccc(CC[C@H](N)CC(O)P(=O)(O)O)cc1. The number of hydrogen-bond donors (Lipinski definition) is 4. The maximum atomic E-state index is 10.9. The molecular weight excluding hydrogens is 337 g/mol. The maximum Gasteiger partial charge on any atom is 0.353 e. The molecule has 1 rings (SSSR count). The van der Waals surface area contributed by atoms with Crippen molar-refractivity contribution in [2.45, 2.75) is 83.0 Å². The number of unbranched alkanes of at least 4 members (excludes halogenated alkanes) is 5. The van der Waals surface area contributed by atoms with Crippen LogP contribution < -0.4 is 5.73 Å². The molecule has 0 radical (unpaired) electrons. The summed E-state index contributed by atoms with van der Waals surface area (Å²) in [4.78, 5) is 17.8. The van der Waals surface area contributed by atoms with Crippen LogP contribution in [-0.2, 0) is 17.4 Å². The third-order valence-electron chi connectivity index (χ3n) is 4.55. The lowest BCUT2D eigenvalue weighted by Crippen LogP contribution is -2.26. The minimum atomic E-state index is -4.46. The summed E-state index contributed by atoms with van der Waals surface area (Å²) in [6.45, 7) is 2.23. The molecule has 0 spiro atoms. The van der Waals surface area contributed by atoms with E-state index in [0.29, 0.717) is 6.42 Å². The average Bonchev–Trinajstić information content (AvgIpc) is 2.56. The zero-order chi connectivity index (χ0) is 18.7. The molecule has 0 saturated carbocycles. The monoisotopic (exact) mass is 371 g/mol. The Morgan fingerprint density at radius 3 is 2.04 bits per heavy atom. The molecule has 144 valence electrons. The van der Waals surface area contributed by atoms with E-state index in [0.717, 1.165) is 18.4 Å². The van der Waals surface area contributed by atoms with Gasteiger partial charge in [-0.2, -0.15) is 0 Å². The van der Waals surface area contributed by atoms with E-state index < -0.39 is 19.5 Å². The molecule has 1 unspecified atom stereocenters. The fraction of sp³-hybridized carbons (Fsp3) is 0.684. The van der Waals surface area contributed by atoms with E-state index in [-0.39, 0.29) is 6.42 Å². The van der Waals surface area contributed by atoms with Gasteiger partial charge in [-0.05, 0) is 36.8 Å². The number of aliphatic hydroxyl groups excluding tert-OH is 1. The lowest BCUT2D eigenvalue weighted by Gasteiger charge is -2.17. The van der Waals surface area contributed by atoms with E-state index in [9.17, 15) is 9.67 Å². The van der Waals surface area contributed by atoms with Crippen LogP contribution in [0.15, 0.2) is 24.3 Å². The third kappa shape index (κ3) is 10.1. The number of hydrogen-bond acceptors (Lipinski definition) is 3. The fourth-order valence-electron chi connectivity index (χ4n) is 2.86. The van der Waals surface area contributed by atoms with Gasteiger partial charge in [-0.1, -0.05) is 63.3 Å². The fourth-order valence-corrected chi connectivity index (χ4v) is 3.41. The van der Waals surface area contributed by atoms with Gasteiger partial charge in [0.25, 0.3) is 0 Å². The Bertz CT molecular complexity index is 515. The molecule has 0 fully saturated rings. The Labute approximate surface area is 151 Å². The summed E-state index contributed by atoms with van der Waals surface area (Å²) in [6.07, 6.45) is 10.2. The average molecular weight is 371 g/mol. The molecule has 0 aliphatic rings. The first-order chi connectivity index (χ1) is 11.8. The summed E-state index contributed by atoms with van der Waals surface area (Å²) in [5.41, 5.74) is 8.37. The zero-order valence-corrected chi connectivity index (χ0v) is 16.2. The molecule has 6 heteroatoms. The Morgan fingerprint density at radius 1 is 0.960 bits per heavy atom. The van der Waals surface area contributed by atoms with Crippen LogP contribution >= 0.6 is 7.60 Å². The summed E-state index contributed by atoms with van der Waals surface area (Å²) in [6, 6.07) is 8.07. The number of aliphatic hydroxyl groups is 1. The predicted octanol–water partition coefficient (Wildman–Crippen LogP) is 3.74. The van der Waals surface area contributed by atoms with Gasteiger partial charge in [0.1, 0.15) is 0 Å². The zero-order valence-electron chi connectivity index (χ0n) is 15.3. The van der Waals surface area contributed by atoms with E-state index in [1.54, 1.807) is 0 Å². The molecule has 0 aliphatic carbocycles. The third-order valence-corrected chi connectivity index (χ3v) is 5.53. The van der Waals surface area contributed by atoms with Gasteiger partial charge in [0, 0.05) is 12.5 Å². The minimum Gasteiger partial charge on any atom is -0.380 e. The highest BCUT2D eigenvalue weighted by molar-refractivity contribution is 7.52. The summed E-state index contributed by atoms with van der Waals surface area (Å²) in [5.74, 6) is -1.66. The van der Waals surface area contributed by atoms with Crippen molar-refractivity contribution in [1.82, 2.24) is 0 Å². The number of aryl methyl sites for hydroxylation is 2. The molecule has 0 bridgehead atoms. The van der Waals surface area contributed by atoms with Crippen molar-refractivity contribution in [3.8, 4) is 0 Å². The smallest absolute Gasteiger partial charge is 0.353 e. The molecule has 5 nitrogen and oxygen atoms in total. The summed E-state index contributed by atoms with van der Waals surface area (Å²) in [5, 5.41) is 9.40. The number of benzene rings is 1. The van der Waals surface area contributed by atoms with Gasteiger partial charge >= 0.3 is 7.60 Å². The van der Waals surface area contributed by atoms with Gasteiger partial charge in [0.2, 0.25) is 0 Å². The molecule has 0 heterocycles. The normalized spacial score (nSPS) is 14.4. The van der Waals surface area contributed by atoms with E-state index in [4.69, 9.17) is 15.5 Å². The molecule has 25 heavy (non-hydrogen) atoms. The first-order valence-corrected chi connectivity index (χ1v) is 11.1. The van der Waals surface area contributed by atoms with Gasteiger partial charge in [-0.3, -0.25) is 4.57 Å². The van der Waals surface area contributed by atoms with Crippen LogP contribution in [0.2, 0.25) is 0 Å². The number of nitrogens with two attached hydrogens (primary N) is 1. The quantitative estimate of drug-likeness (QED) is 0.312. The van der Waals surface area contributed by atoms with E-state index in [1.165, 1.54) is 44.1 Å². The Morgan fingerprint density at radius 2 is 1.48 bits per heavy atom. The highest BCUT2D eigenvalue weighted by Crippen LogP contribution is 2.41. The van der Waals surface area contributed by atoms with Gasteiger partial charge in [-0.15, -0.1) is 0 Å². The largest absolute Gasteiger partial charge is 0.380 e. The van der Waals surface area contributed by atoms with Crippen LogP contribution in [0.4, 0.5) is 0 Å². The van der Waals surface area contributed by atoms with Gasteiger partial charge in [0.15, 0.2) is 5.85 Å². The molecule has 0 aliphatic heterocycles. The predicted molar refractivity (Wildman–Crippen MR) is 102 cm³/mol. The molecular formula is C19H34NO4P. The molecule has 1 aromatic carbocycles. The molecule has 5 N–H and O–H groups in total. The lowest BCUT2D eigenvalue weighted by molar-refractivity contribution is 0.184. The molecule has 0 aromatic heterocycles. The molecule has 0 amide bonds. The van der Waals surface area contributed by atoms with Crippen LogP contribution in [-0.4, -0.2) is 26.8 Å². The summed E-state index contributed by atoms with van der Waals surface area (Å²) in [7, 11) is -4.46. The Hall–Kier alpha value is -0.710. The van der Waals surface area contributed by atoms with Crippen molar-refractivity contribution in [3.63, 3.8) is 0 Å². The minimum absolute atomic E-state index is 0.0829. The first kappa shape index (κ1) is 22.3. The second kappa shape index (κ2) is 11.8. The molecule has 2 atom stereocenters. The van der Waals surface area contributed by atoms with E-state index in [1.807, 2.05) is 0 Å². The summed E-state index contributed by atoms with van der Waals surface area (Å²) < 4.78 is 10.9. The molecule has 0 saturated heterocycles. The van der Waals surface area contributed by atoms with Crippen LogP contribution in [0, 0.1) is 0 Å². The standard InChI is InChI=1S/C19H34NO4P/c1-2-3-4-5-6-7-8-16-9-11-17(12-10-16)13-14-18(20)15-19(21)25(22,23)24/h9-12,18-19,21H,2-8,13-15,20H2,1H3,(H2,22,23,24)/t18-,19?/m0/s1. The summed E-state index contributed by atoms with van der Waals surface area (Å²) >= 11 is 0. The topological polar surface area (TPSA) is 104 Å². The van der Waals surface area contributed by atoms with Crippen LogP contribution in [0.25, 0.3) is 0 Å². The van der Waals surface area contributed by atoms with Crippen molar-refractivity contribution in [3.05, 3.63) is 35.4 Å². The van der Waals surface area contributed by atoms with Gasteiger partial charge in [-0.25, -0.2) is 0 Å². The van der Waals surface area contributed by atoms with Crippen LogP contribution in [0.5, 0.6) is 0 Å². The highest BCUT2D eigenvalue weighted by atomic mass is 31.2. The van der Waals surface area contributed by atoms with E-state index in [2.05, 4.69) is 31.2 Å². The van der Waals surface area contributed by atoms with Crippen molar-refractivity contribution in [2.75, 3.05) is 0 Å². The van der Waals surface area contributed by atoms with Crippen molar-refractivity contribution < 1.29 is 19.5 Å². The van der Waals surface area contributed by atoms with E-state index >= 15 is 0 Å². The molecule has 1 aromatic rings. The Balaban J connectivity index is 2.26. The second-order valence-corrected chi connectivity index (χ2v) is 8.71.